The molecular formula is C13H14O3S2. The number of carbonyl (C=O) groups is 1. The summed E-state index contributed by atoms with van der Waals surface area (Å²) in [4.78, 5) is 12.4. The summed E-state index contributed by atoms with van der Waals surface area (Å²) in [6, 6.07) is 3.21. The lowest BCUT2D eigenvalue weighted by Crippen LogP contribution is -2.00. The van der Waals surface area contributed by atoms with Crippen LogP contribution in [0.2, 0.25) is 0 Å². The quantitative estimate of drug-likeness (QED) is 0.863. The largest absolute Gasteiger partial charge is 0.508 e. The number of aromatic hydroxyl groups is 1. The number of ether oxygens (including phenoxy) is 1. The number of hydrogen-bond acceptors (Lipinski definition) is 5. The summed E-state index contributed by atoms with van der Waals surface area (Å²) >= 11 is 3.12. The van der Waals surface area contributed by atoms with Gasteiger partial charge in [-0.15, -0.1) is 23.5 Å². The van der Waals surface area contributed by atoms with Crippen LogP contribution in [0.4, 0.5) is 0 Å². The van der Waals surface area contributed by atoms with Gasteiger partial charge in [-0.2, -0.15) is 0 Å². The summed E-state index contributed by atoms with van der Waals surface area (Å²) in [5.41, 5.74) is 1.94. The maximum Gasteiger partial charge on any atom is 0.195 e. The van der Waals surface area contributed by atoms with Crippen LogP contribution in [0.15, 0.2) is 21.9 Å². The summed E-state index contributed by atoms with van der Waals surface area (Å²) in [6.45, 7) is 0. The maximum absolute atomic E-state index is 12.4. The van der Waals surface area contributed by atoms with Crippen molar-refractivity contribution >= 4 is 29.3 Å². The minimum Gasteiger partial charge on any atom is -0.508 e. The minimum absolute atomic E-state index is 0.0311. The van der Waals surface area contributed by atoms with E-state index in [0.29, 0.717) is 23.3 Å². The molecule has 0 aromatic heterocycles. The molecule has 0 heterocycles. The number of carbonyl (C=O) groups excluding carboxylic acids is 1. The standard InChI is InChI=1S/C13H14O3S2/c1-16-10-5-4-9(14)7-6-8(12(15)11(7)10)13(17-2)18-3/h4-5,14H,6H2,1-3H3. The van der Waals surface area contributed by atoms with Gasteiger partial charge in [-0.3, -0.25) is 4.79 Å². The number of thioether (sulfide) groups is 2. The molecule has 0 bridgehead atoms. The highest BCUT2D eigenvalue weighted by Crippen LogP contribution is 2.42. The Bertz CT molecular complexity index is 529. The SMILES string of the molecule is COc1ccc(O)c2c1C(=O)C(=C(SC)SC)C2. The fraction of sp³-hybridized carbons (Fsp3) is 0.308. The molecule has 1 aliphatic carbocycles. The number of benzene rings is 1. The highest BCUT2D eigenvalue weighted by Gasteiger charge is 2.32. The molecule has 0 unspecified atom stereocenters. The molecule has 1 aromatic carbocycles. The van der Waals surface area contributed by atoms with E-state index in [9.17, 15) is 9.90 Å². The van der Waals surface area contributed by atoms with Gasteiger partial charge in [0.15, 0.2) is 5.78 Å². The van der Waals surface area contributed by atoms with Gasteiger partial charge in [0.2, 0.25) is 0 Å². The number of phenols is 1. The predicted octanol–water partition coefficient (Wildman–Crippen LogP) is 3.08. The summed E-state index contributed by atoms with van der Waals surface area (Å²) < 4.78 is 6.21. The van der Waals surface area contributed by atoms with E-state index in [1.54, 1.807) is 35.7 Å². The van der Waals surface area contributed by atoms with Crippen LogP contribution in [0.5, 0.6) is 11.5 Å². The maximum atomic E-state index is 12.4. The number of methoxy groups -OCH3 is 1. The third-order valence-corrected chi connectivity index (χ3v) is 5.18. The van der Waals surface area contributed by atoms with Gasteiger partial charge in [-0.1, -0.05) is 0 Å². The van der Waals surface area contributed by atoms with Crippen molar-refractivity contribution in [3.05, 3.63) is 33.1 Å². The molecule has 1 N–H and O–H groups in total. The van der Waals surface area contributed by atoms with Gasteiger partial charge in [0, 0.05) is 21.8 Å². The van der Waals surface area contributed by atoms with Gasteiger partial charge < -0.3 is 9.84 Å². The first-order valence-corrected chi connectivity index (χ1v) is 7.83. The number of ketones is 1. The van der Waals surface area contributed by atoms with E-state index in [1.807, 2.05) is 12.5 Å². The van der Waals surface area contributed by atoms with Crippen LogP contribution < -0.4 is 4.74 Å². The highest BCUT2D eigenvalue weighted by atomic mass is 32.2. The normalized spacial score (nSPS) is 13.7. The molecule has 18 heavy (non-hydrogen) atoms. The average Bonchev–Trinajstić information content (AvgIpc) is 2.72. The molecule has 1 aromatic rings. The van der Waals surface area contributed by atoms with E-state index in [2.05, 4.69) is 0 Å². The van der Waals surface area contributed by atoms with Crippen LogP contribution in [0, 0.1) is 0 Å². The fourth-order valence-corrected chi connectivity index (χ4v) is 3.61. The van der Waals surface area contributed by atoms with Crippen molar-refractivity contribution in [2.45, 2.75) is 6.42 Å². The van der Waals surface area contributed by atoms with Crippen molar-refractivity contribution in [2.24, 2.45) is 0 Å². The topological polar surface area (TPSA) is 46.5 Å². The number of allylic oxidation sites excluding steroid dienone is 1. The number of rotatable bonds is 3. The van der Waals surface area contributed by atoms with Crippen molar-refractivity contribution in [3.63, 3.8) is 0 Å². The number of phenolic OH excluding ortho intramolecular Hbond substituents is 1. The van der Waals surface area contributed by atoms with Crippen molar-refractivity contribution in [3.8, 4) is 11.5 Å². The lowest BCUT2D eigenvalue weighted by molar-refractivity contribution is 0.103. The molecule has 2 rings (SSSR count). The molecule has 0 amide bonds. The van der Waals surface area contributed by atoms with E-state index in [1.165, 1.54) is 7.11 Å². The Morgan fingerprint density at radius 1 is 1.33 bits per heavy atom. The molecule has 0 spiro atoms. The number of Topliss-reactive ketones (excluding diaryl/α,β-unsaturated/α-hetero) is 1. The first kappa shape index (κ1) is 13.4. The lowest BCUT2D eigenvalue weighted by Gasteiger charge is -2.06. The van der Waals surface area contributed by atoms with Crippen molar-refractivity contribution in [1.82, 2.24) is 0 Å². The Morgan fingerprint density at radius 2 is 2.00 bits per heavy atom. The van der Waals surface area contributed by atoms with Gasteiger partial charge in [0.05, 0.1) is 12.7 Å². The van der Waals surface area contributed by atoms with E-state index in [-0.39, 0.29) is 11.5 Å². The third-order valence-electron chi connectivity index (χ3n) is 2.94. The van der Waals surface area contributed by atoms with Crippen molar-refractivity contribution in [2.75, 3.05) is 19.6 Å². The summed E-state index contributed by atoms with van der Waals surface area (Å²) in [6.07, 6.45) is 4.38. The van der Waals surface area contributed by atoms with E-state index >= 15 is 0 Å². The van der Waals surface area contributed by atoms with Gasteiger partial charge in [-0.25, -0.2) is 0 Å². The van der Waals surface area contributed by atoms with Crippen LogP contribution in [-0.2, 0) is 6.42 Å². The second-order valence-electron chi connectivity index (χ2n) is 3.82. The zero-order valence-electron chi connectivity index (χ0n) is 10.4. The molecule has 0 saturated carbocycles. The molecule has 1 aliphatic rings. The molecule has 0 atom stereocenters. The van der Waals surface area contributed by atoms with Crippen LogP contribution in [0.1, 0.15) is 15.9 Å². The van der Waals surface area contributed by atoms with Crippen LogP contribution in [0.25, 0.3) is 0 Å². The van der Waals surface area contributed by atoms with Crippen LogP contribution in [0.3, 0.4) is 0 Å². The van der Waals surface area contributed by atoms with Gasteiger partial charge in [0.25, 0.3) is 0 Å². The molecule has 0 aliphatic heterocycles. The van der Waals surface area contributed by atoms with Gasteiger partial charge >= 0.3 is 0 Å². The van der Waals surface area contributed by atoms with Gasteiger partial charge in [0.1, 0.15) is 11.5 Å². The molecule has 96 valence electrons. The van der Waals surface area contributed by atoms with Crippen molar-refractivity contribution < 1.29 is 14.6 Å². The van der Waals surface area contributed by atoms with E-state index in [0.717, 1.165) is 9.81 Å². The van der Waals surface area contributed by atoms with E-state index in [4.69, 9.17) is 4.74 Å². The minimum atomic E-state index is -0.0311. The first-order valence-electron chi connectivity index (χ1n) is 5.38. The summed E-state index contributed by atoms with van der Waals surface area (Å²) in [5, 5.41) is 9.87. The van der Waals surface area contributed by atoms with E-state index < -0.39 is 0 Å². The Balaban J connectivity index is 2.61. The first-order chi connectivity index (χ1) is 8.63. The van der Waals surface area contributed by atoms with Crippen molar-refractivity contribution in [1.29, 1.82) is 0 Å². The predicted molar refractivity (Wildman–Crippen MR) is 76.7 cm³/mol. The van der Waals surface area contributed by atoms with Crippen LogP contribution >= 0.6 is 23.5 Å². The molecule has 0 saturated heterocycles. The summed E-state index contributed by atoms with van der Waals surface area (Å²) in [5.74, 6) is 0.663. The zero-order valence-corrected chi connectivity index (χ0v) is 12.1. The number of fused-ring (bicyclic) bond motifs is 1. The van der Waals surface area contributed by atoms with Crippen LogP contribution in [-0.4, -0.2) is 30.5 Å². The molecule has 3 nitrogen and oxygen atoms in total. The third kappa shape index (κ3) is 2.01. The molecule has 5 heteroatoms. The molecule has 0 fully saturated rings. The zero-order chi connectivity index (χ0) is 13.3. The number of hydrogen-bond donors (Lipinski definition) is 1. The molecular weight excluding hydrogens is 268 g/mol. The Hall–Kier alpha value is -1.07. The second kappa shape index (κ2) is 5.28. The summed E-state index contributed by atoms with van der Waals surface area (Å²) in [7, 11) is 1.53. The smallest absolute Gasteiger partial charge is 0.195 e. The molecule has 0 radical (unpaired) electrons. The fourth-order valence-electron chi connectivity index (χ4n) is 2.12. The van der Waals surface area contributed by atoms with Gasteiger partial charge in [-0.05, 0) is 24.6 Å². The monoisotopic (exact) mass is 282 g/mol. The average molecular weight is 282 g/mol. The highest BCUT2D eigenvalue weighted by molar-refractivity contribution is 8.21. The lowest BCUT2D eigenvalue weighted by atomic mass is 10.1. The second-order valence-corrected chi connectivity index (χ2v) is 5.71. The Labute approximate surface area is 115 Å². The Kier molecular flexibility index (Phi) is 3.92. The Morgan fingerprint density at radius 3 is 2.56 bits per heavy atom.